The molecule has 0 spiro atoms. The summed E-state index contributed by atoms with van der Waals surface area (Å²) in [5.74, 6) is 0.545. The van der Waals surface area contributed by atoms with Crippen molar-refractivity contribution in [3.8, 4) is 11.6 Å². The van der Waals surface area contributed by atoms with Crippen molar-refractivity contribution < 1.29 is 9.53 Å². The molecule has 0 saturated carbocycles. The number of imidazole rings is 1. The third kappa shape index (κ3) is 4.84. The summed E-state index contributed by atoms with van der Waals surface area (Å²) < 4.78 is 7.40. The normalized spacial score (nSPS) is 11.6. The molecule has 3 aromatic rings. The summed E-state index contributed by atoms with van der Waals surface area (Å²) >= 11 is 0. The van der Waals surface area contributed by atoms with E-state index in [9.17, 15) is 4.79 Å². The molecule has 2 aromatic heterocycles. The fourth-order valence-corrected chi connectivity index (χ4v) is 2.68. The molecule has 140 valence electrons. The van der Waals surface area contributed by atoms with E-state index in [0.29, 0.717) is 19.0 Å². The maximum Gasteiger partial charge on any atom is 0.315 e. The van der Waals surface area contributed by atoms with Gasteiger partial charge in [0.1, 0.15) is 0 Å². The molecule has 2 N–H and O–H groups in total. The summed E-state index contributed by atoms with van der Waals surface area (Å²) in [4.78, 5) is 20.5. The highest BCUT2D eigenvalue weighted by Crippen LogP contribution is 2.16. The first kappa shape index (κ1) is 18.4. The summed E-state index contributed by atoms with van der Waals surface area (Å²) in [6.45, 7) is 4.73. The molecule has 0 radical (unpaired) electrons. The van der Waals surface area contributed by atoms with E-state index < -0.39 is 0 Å². The molecular formula is C20H23N5O2. The van der Waals surface area contributed by atoms with E-state index in [4.69, 9.17) is 4.74 Å². The first-order valence-corrected chi connectivity index (χ1v) is 8.86. The second-order valence-corrected chi connectivity index (χ2v) is 6.01. The van der Waals surface area contributed by atoms with E-state index in [-0.39, 0.29) is 12.1 Å². The number of carbonyl (C=O) groups is 1. The highest BCUT2D eigenvalue weighted by molar-refractivity contribution is 5.74. The Kier molecular flexibility index (Phi) is 6.04. The van der Waals surface area contributed by atoms with E-state index in [1.807, 2.05) is 61.0 Å². The van der Waals surface area contributed by atoms with Crippen LogP contribution in [0.25, 0.3) is 5.69 Å². The van der Waals surface area contributed by atoms with Crippen LogP contribution in [0.15, 0.2) is 61.3 Å². The molecule has 7 heteroatoms. The van der Waals surface area contributed by atoms with Gasteiger partial charge in [0.25, 0.3) is 0 Å². The van der Waals surface area contributed by atoms with Gasteiger partial charge < -0.3 is 19.9 Å². The maximum atomic E-state index is 12.2. The van der Waals surface area contributed by atoms with Crippen LogP contribution >= 0.6 is 0 Å². The fourth-order valence-electron chi connectivity index (χ4n) is 2.68. The standard InChI is InChI=1S/C20H23N5O2/c1-3-27-19-17(5-4-10-22-19)13-23-20(26)24-15(2)16-6-8-18(9-7-16)25-12-11-21-14-25/h4-12,14-15H,3,13H2,1-2H3,(H2,23,24,26)/t15-/m0/s1. The molecule has 0 bridgehead atoms. The fraction of sp³-hybridized carbons (Fsp3) is 0.250. The van der Waals surface area contributed by atoms with Crippen molar-refractivity contribution in [1.82, 2.24) is 25.2 Å². The minimum Gasteiger partial charge on any atom is -0.478 e. The van der Waals surface area contributed by atoms with Crippen LogP contribution in [-0.2, 0) is 6.54 Å². The Morgan fingerprint density at radius 1 is 1.22 bits per heavy atom. The van der Waals surface area contributed by atoms with Gasteiger partial charge in [0.2, 0.25) is 5.88 Å². The highest BCUT2D eigenvalue weighted by Gasteiger charge is 2.11. The molecule has 1 atom stereocenters. The Hall–Kier alpha value is -3.35. The lowest BCUT2D eigenvalue weighted by atomic mass is 10.1. The summed E-state index contributed by atoms with van der Waals surface area (Å²) in [6, 6.07) is 11.3. The number of pyridine rings is 1. The zero-order valence-corrected chi connectivity index (χ0v) is 15.4. The molecule has 0 unspecified atom stereocenters. The van der Waals surface area contributed by atoms with Crippen molar-refractivity contribution in [3.05, 3.63) is 72.4 Å². The van der Waals surface area contributed by atoms with Gasteiger partial charge in [0.15, 0.2) is 0 Å². The van der Waals surface area contributed by atoms with Crippen LogP contribution in [-0.4, -0.2) is 27.2 Å². The lowest BCUT2D eigenvalue weighted by Gasteiger charge is -2.16. The number of rotatable bonds is 7. The number of benzene rings is 1. The first-order chi connectivity index (χ1) is 13.2. The number of hydrogen-bond donors (Lipinski definition) is 2. The Labute approximate surface area is 158 Å². The molecule has 7 nitrogen and oxygen atoms in total. The smallest absolute Gasteiger partial charge is 0.315 e. The number of carbonyl (C=O) groups excluding carboxylic acids is 1. The third-order valence-corrected chi connectivity index (χ3v) is 4.11. The van der Waals surface area contributed by atoms with Gasteiger partial charge in [-0.05, 0) is 37.6 Å². The van der Waals surface area contributed by atoms with Crippen LogP contribution in [0.2, 0.25) is 0 Å². The van der Waals surface area contributed by atoms with Gasteiger partial charge >= 0.3 is 6.03 Å². The Balaban J connectivity index is 1.55. The maximum absolute atomic E-state index is 12.2. The molecule has 0 aliphatic heterocycles. The van der Waals surface area contributed by atoms with Crippen LogP contribution in [0.5, 0.6) is 5.88 Å². The van der Waals surface area contributed by atoms with Crippen LogP contribution in [0.3, 0.4) is 0 Å². The summed E-state index contributed by atoms with van der Waals surface area (Å²) in [6.07, 6.45) is 7.05. The highest BCUT2D eigenvalue weighted by atomic mass is 16.5. The number of nitrogens with zero attached hydrogens (tertiary/aromatic N) is 3. The number of amides is 2. The van der Waals surface area contributed by atoms with Crippen LogP contribution in [0.1, 0.15) is 31.0 Å². The average molecular weight is 365 g/mol. The number of ether oxygens (including phenoxy) is 1. The van der Waals surface area contributed by atoms with E-state index in [1.165, 1.54) is 0 Å². The molecule has 3 rings (SSSR count). The predicted octanol–water partition coefficient (Wildman–Crippen LogP) is 3.23. The monoisotopic (exact) mass is 365 g/mol. The molecular weight excluding hydrogens is 342 g/mol. The minimum atomic E-state index is -0.243. The molecule has 2 heterocycles. The van der Waals surface area contributed by atoms with Crippen molar-refractivity contribution in [1.29, 1.82) is 0 Å². The minimum absolute atomic E-state index is 0.123. The first-order valence-electron chi connectivity index (χ1n) is 8.86. The van der Waals surface area contributed by atoms with Crippen molar-refractivity contribution in [3.63, 3.8) is 0 Å². The largest absolute Gasteiger partial charge is 0.478 e. The average Bonchev–Trinajstić information content (AvgIpc) is 3.22. The van der Waals surface area contributed by atoms with E-state index in [2.05, 4.69) is 20.6 Å². The van der Waals surface area contributed by atoms with Gasteiger partial charge in [-0.3, -0.25) is 0 Å². The van der Waals surface area contributed by atoms with Crippen molar-refractivity contribution >= 4 is 6.03 Å². The van der Waals surface area contributed by atoms with Gasteiger partial charge in [-0.25, -0.2) is 14.8 Å². The van der Waals surface area contributed by atoms with Gasteiger partial charge in [-0.1, -0.05) is 18.2 Å². The molecule has 2 amide bonds. The van der Waals surface area contributed by atoms with E-state index >= 15 is 0 Å². The van der Waals surface area contributed by atoms with Crippen molar-refractivity contribution in [2.75, 3.05) is 6.61 Å². The molecule has 1 aromatic carbocycles. The van der Waals surface area contributed by atoms with Crippen LogP contribution in [0.4, 0.5) is 4.79 Å². The molecule has 0 aliphatic rings. The van der Waals surface area contributed by atoms with Crippen molar-refractivity contribution in [2.45, 2.75) is 26.4 Å². The number of aromatic nitrogens is 3. The van der Waals surface area contributed by atoms with Crippen LogP contribution in [0, 0.1) is 0 Å². The Bertz CT molecular complexity index is 862. The molecule has 0 fully saturated rings. The Morgan fingerprint density at radius 3 is 2.74 bits per heavy atom. The van der Waals surface area contributed by atoms with Crippen molar-refractivity contribution in [2.24, 2.45) is 0 Å². The van der Waals surface area contributed by atoms with Gasteiger partial charge in [0, 0.05) is 36.4 Å². The number of hydrogen-bond acceptors (Lipinski definition) is 4. The van der Waals surface area contributed by atoms with Crippen LogP contribution < -0.4 is 15.4 Å². The zero-order valence-electron chi connectivity index (χ0n) is 15.4. The molecule has 0 aliphatic carbocycles. The lowest BCUT2D eigenvalue weighted by Crippen LogP contribution is -2.36. The predicted molar refractivity (Wildman–Crippen MR) is 103 cm³/mol. The topological polar surface area (TPSA) is 81.1 Å². The molecule has 27 heavy (non-hydrogen) atoms. The summed E-state index contributed by atoms with van der Waals surface area (Å²) in [5, 5.41) is 5.79. The van der Waals surface area contributed by atoms with Gasteiger partial charge in [-0.15, -0.1) is 0 Å². The third-order valence-electron chi connectivity index (χ3n) is 4.11. The van der Waals surface area contributed by atoms with Gasteiger partial charge in [-0.2, -0.15) is 0 Å². The summed E-state index contributed by atoms with van der Waals surface area (Å²) in [5.41, 5.74) is 2.88. The second-order valence-electron chi connectivity index (χ2n) is 6.01. The van der Waals surface area contributed by atoms with E-state index in [0.717, 1.165) is 16.8 Å². The second kappa shape index (κ2) is 8.84. The molecule has 0 saturated heterocycles. The van der Waals surface area contributed by atoms with Gasteiger partial charge in [0.05, 0.1) is 19.0 Å². The summed E-state index contributed by atoms with van der Waals surface area (Å²) in [7, 11) is 0. The lowest BCUT2D eigenvalue weighted by molar-refractivity contribution is 0.237. The van der Waals surface area contributed by atoms with E-state index in [1.54, 1.807) is 18.7 Å². The number of nitrogens with one attached hydrogen (secondary N) is 2. The SMILES string of the molecule is CCOc1ncccc1CNC(=O)N[C@@H](C)c1ccc(-n2ccnc2)cc1. The zero-order chi connectivity index (χ0) is 19.1. The Morgan fingerprint density at radius 2 is 2.04 bits per heavy atom. The number of urea groups is 1. The quantitative estimate of drug-likeness (QED) is 0.674.